The Morgan fingerprint density at radius 1 is 1.00 bits per heavy atom. The van der Waals surface area contributed by atoms with E-state index < -0.39 is 36.4 Å². The Hall–Kier alpha value is -1.22. The summed E-state index contributed by atoms with van der Waals surface area (Å²) in [7, 11) is 2.02. The summed E-state index contributed by atoms with van der Waals surface area (Å²) in [6.07, 6.45) is 0. The first-order valence-corrected chi connectivity index (χ1v) is 4.11. The van der Waals surface area contributed by atoms with Crippen molar-refractivity contribution in [2.45, 2.75) is 11.2 Å². The van der Waals surface area contributed by atoms with Crippen LogP contribution in [0.3, 0.4) is 0 Å². The van der Waals surface area contributed by atoms with Crippen molar-refractivity contribution in [3.63, 3.8) is 0 Å². The molecule has 8 heteroatoms. The largest absolute Gasteiger partial charge is 0.547 e. The summed E-state index contributed by atoms with van der Waals surface area (Å²) in [5.41, 5.74) is -6.34. The third-order valence-electron chi connectivity index (χ3n) is 2.07. The van der Waals surface area contributed by atoms with Crippen LogP contribution in [0, 0.1) is 0 Å². The zero-order valence-corrected chi connectivity index (χ0v) is 8.76. The predicted octanol–water partition coefficient (Wildman–Crippen LogP) is -4.76. The second-order valence-electron chi connectivity index (χ2n) is 3.16. The minimum absolute atomic E-state index is 0.997. The smallest absolute Gasteiger partial charge is 0.163 e. The molecule has 0 heterocycles. The number of hydrogen-bond acceptors (Lipinski definition) is 8. The van der Waals surface area contributed by atoms with Gasteiger partial charge in [-0.1, -0.05) is 0 Å². The molecular weight excluding hydrogens is 224 g/mol. The maximum absolute atomic E-state index is 10.7. The summed E-state index contributed by atoms with van der Waals surface area (Å²) in [5, 5.41) is 40.5. The van der Waals surface area contributed by atoms with Crippen molar-refractivity contribution >= 4 is 11.9 Å². The lowest BCUT2D eigenvalue weighted by Crippen LogP contribution is -2.73. The topological polar surface area (TPSA) is 139 Å². The molecule has 0 aliphatic rings. The second kappa shape index (κ2) is 5.21. The van der Waals surface area contributed by atoms with Crippen molar-refractivity contribution in [1.82, 2.24) is 0 Å². The summed E-state index contributed by atoms with van der Waals surface area (Å²) in [5.74, 6) is -4.42. The maximum Gasteiger partial charge on any atom is 0.163 e. The molecule has 94 valence electrons. The van der Waals surface area contributed by atoms with E-state index in [1.807, 2.05) is 0 Å². The third kappa shape index (κ3) is 2.30. The molecule has 0 radical (unpaired) electrons. The molecule has 0 aromatic rings. The summed E-state index contributed by atoms with van der Waals surface area (Å²) in [6.45, 7) is -1.99. The number of carbonyl (C=O) groups excluding carboxylic acids is 2. The molecule has 0 fully saturated rings. The average Bonchev–Trinajstić information content (AvgIpc) is 2.17. The van der Waals surface area contributed by atoms with E-state index >= 15 is 0 Å². The van der Waals surface area contributed by atoms with Gasteiger partial charge in [-0.2, -0.15) is 0 Å². The Kier molecular flexibility index (Phi) is 4.81. The second-order valence-corrected chi connectivity index (χ2v) is 3.16. The number of ether oxygens (including phenoxy) is 2. The minimum atomic E-state index is -3.17. The summed E-state index contributed by atoms with van der Waals surface area (Å²) in [4.78, 5) is 21.4. The lowest BCUT2D eigenvalue weighted by atomic mass is 9.83. The van der Waals surface area contributed by atoms with Gasteiger partial charge in [0.2, 0.25) is 0 Å². The summed E-state index contributed by atoms with van der Waals surface area (Å²) < 4.78 is 8.67. The number of carbonyl (C=O) groups is 2. The minimum Gasteiger partial charge on any atom is -0.547 e. The fourth-order valence-electron chi connectivity index (χ4n) is 1.11. The van der Waals surface area contributed by atoms with Crippen LogP contribution in [-0.4, -0.2) is 60.8 Å². The lowest BCUT2D eigenvalue weighted by Gasteiger charge is -2.43. The van der Waals surface area contributed by atoms with Gasteiger partial charge in [0.15, 0.2) is 11.2 Å². The van der Waals surface area contributed by atoms with Crippen LogP contribution in [-0.2, 0) is 19.1 Å². The van der Waals surface area contributed by atoms with Crippen molar-refractivity contribution in [2.24, 2.45) is 0 Å². The maximum atomic E-state index is 10.7. The highest BCUT2D eigenvalue weighted by atomic mass is 16.5. The van der Waals surface area contributed by atoms with Gasteiger partial charge < -0.3 is 39.5 Å². The van der Waals surface area contributed by atoms with Crippen LogP contribution in [0.4, 0.5) is 0 Å². The SMILES string of the molecule is COCC(O)(C(=O)[O-])C(O)(COC)C(=O)[O-]. The van der Waals surface area contributed by atoms with Gasteiger partial charge in [0.25, 0.3) is 0 Å². The van der Waals surface area contributed by atoms with Crippen molar-refractivity contribution in [3.8, 4) is 0 Å². The van der Waals surface area contributed by atoms with Crippen molar-refractivity contribution in [1.29, 1.82) is 0 Å². The molecule has 0 aromatic carbocycles. The number of aliphatic carboxylic acids is 2. The Bertz CT molecular complexity index is 249. The van der Waals surface area contributed by atoms with E-state index in [4.69, 9.17) is 0 Å². The Balaban J connectivity index is 5.43. The van der Waals surface area contributed by atoms with Crippen LogP contribution in [0.15, 0.2) is 0 Å². The molecule has 0 saturated carbocycles. The number of rotatable bonds is 7. The normalized spacial score (nSPS) is 18.5. The molecular formula is C8H12O8-2. The molecule has 0 amide bonds. The van der Waals surface area contributed by atoms with Crippen LogP contribution in [0.2, 0.25) is 0 Å². The van der Waals surface area contributed by atoms with Gasteiger partial charge >= 0.3 is 0 Å². The van der Waals surface area contributed by atoms with E-state index in [1.165, 1.54) is 0 Å². The highest BCUT2D eigenvalue weighted by Crippen LogP contribution is 2.23. The Morgan fingerprint density at radius 2 is 1.25 bits per heavy atom. The molecule has 0 bridgehead atoms. The average molecular weight is 236 g/mol. The highest BCUT2D eigenvalue weighted by molar-refractivity contribution is 5.89. The van der Waals surface area contributed by atoms with Crippen molar-refractivity contribution in [2.75, 3.05) is 27.4 Å². The highest BCUT2D eigenvalue weighted by Gasteiger charge is 2.52. The molecule has 2 unspecified atom stereocenters. The Morgan fingerprint density at radius 3 is 1.38 bits per heavy atom. The van der Waals surface area contributed by atoms with Crippen molar-refractivity contribution in [3.05, 3.63) is 0 Å². The Labute approximate surface area is 91.0 Å². The quantitative estimate of drug-likeness (QED) is 0.449. The summed E-state index contributed by atoms with van der Waals surface area (Å²) in [6, 6.07) is 0. The molecule has 0 aromatic heterocycles. The van der Waals surface area contributed by atoms with Crippen LogP contribution < -0.4 is 10.2 Å². The van der Waals surface area contributed by atoms with E-state index in [0.29, 0.717) is 0 Å². The van der Waals surface area contributed by atoms with Gasteiger partial charge in [0, 0.05) is 14.2 Å². The molecule has 0 spiro atoms. The third-order valence-corrected chi connectivity index (χ3v) is 2.07. The monoisotopic (exact) mass is 236 g/mol. The van der Waals surface area contributed by atoms with Gasteiger partial charge in [0.05, 0.1) is 25.2 Å². The molecule has 0 saturated heterocycles. The number of aliphatic hydroxyl groups is 2. The molecule has 0 rings (SSSR count). The standard InChI is InChI=1S/C8H14O8/c1-15-3-7(13,5(9)10)8(14,4-16-2)6(11)12/h13-14H,3-4H2,1-2H3,(H,9,10)(H,11,12)/p-2. The predicted molar refractivity (Wildman–Crippen MR) is 43.7 cm³/mol. The first-order valence-electron chi connectivity index (χ1n) is 4.11. The fourth-order valence-corrected chi connectivity index (χ4v) is 1.11. The molecule has 0 aliphatic carbocycles. The number of hydrogen-bond donors (Lipinski definition) is 2. The number of methoxy groups -OCH3 is 2. The van der Waals surface area contributed by atoms with E-state index in [-0.39, 0.29) is 0 Å². The van der Waals surface area contributed by atoms with Gasteiger partial charge in [-0.25, -0.2) is 0 Å². The van der Waals surface area contributed by atoms with E-state index in [2.05, 4.69) is 9.47 Å². The first-order chi connectivity index (χ1) is 7.26. The van der Waals surface area contributed by atoms with Gasteiger partial charge in [-0.3, -0.25) is 0 Å². The van der Waals surface area contributed by atoms with E-state index in [0.717, 1.165) is 14.2 Å². The van der Waals surface area contributed by atoms with Crippen molar-refractivity contribution < 1.29 is 39.5 Å². The molecule has 2 atom stereocenters. The fraction of sp³-hybridized carbons (Fsp3) is 0.750. The first kappa shape index (κ1) is 14.8. The number of carboxylic acids is 2. The van der Waals surface area contributed by atoms with Crippen LogP contribution in [0.1, 0.15) is 0 Å². The van der Waals surface area contributed by atoms with E-state index in [9.17, 15) is 30.0 Å². The van der Waals surface area contributed by atoms with E-state index in [1.54, 1.807) is 0 Å². The molecule has 0 aliphatic heterocycles. The lowest BCUT2D eigenvalue weighted by molar-refractivity contribution is -0.363. The summed E-state index contributed by atoms with van der Waals surface area (Å²) >= 11 is 0. The molecule has 16 heavy (non-hydrogen) atoms. The van der Waals surface area contributed by atoms with Crippen LogP contribution in [0.25, 0.3) is 0 Å². The van der Waals surface area contributed by atoms with Gasteiger partial charge in [-0.15, -0.1) is 0 Å². The van der Waals surface area contributed by atoms with Gasteiger partial charge in [-0.05, 0) is 0 Å². The molecule has 8 nitrogen and oxygen atoms in total. The zero-order valence-electron chi connectivity index (χ0n) is 8.76. The van der Waals surface area contributed by atoms with Crippen LogP contribution in [0.5, 0.6) is 0 Å². The molecule has 2 N–H and O–H groups in total. The zero-order chi connectivity index (χ0) is 13.0. The van der Waals surface area contributed by atoms with Crippen LogP contribution >= 0.6 is 0 Å². The number of carboxylic acid groups (broad SMARTS) is 2. The van der Waals surface area contributed by atoms with Gasteiger partial charge in [0.1, 0.15) is 0 Å².